The second-order valence-corrected chi connectivity index (χ2v) is 39.1. The van der Waals surface area contributed by atoms with E-state index in [4.69, 9.17) is 0 Å². The number of fused-ring (bicyclic) bond motifs is 12. The van der Waals surface area contributed by atoms with E-state index in [1.807, 2.05) is 0 Å². The molecule has 686 valence electrons. The second kappa shape index (κ2) is 41.6. The lowest BCUT2D eigenvalue weighted by molar-refractivity contribution is 0.682. The minimum atomic E-state index is 0.266. The third-order valence-electron chi connectivity index (χ3n) is 28.5. The Kier molecular flexibility index (Phi) is 27.2. The van der Waals surface area contributed by atoms with Crippen LogP contribution in [0.5, 0.6) is 0 Å². The van der Waals surface area contributed by atoms with Gasteiger partial charge in [-0.3, -0.25) is 0 Å². The van der Waals surface area contributed by atoms with Gasteiger partial charge in [-0.25, -0.2) is 0 Å². The maximum Gasteiger partial charge on any atom is 0.0134 e. The Bertz CT molecular complexity index is 8620. The average molecular weight is 1820 g/mol. The van der Waals surface area contributed by atoms with Crippen molar-refractivity contribution in [3.05, 3.63) is 561 Å². The summed E-state index contributed by atoms with van der Waals surface area (Å²) in [4.78, 5) is 0. The van der Waals surface area contributed by atoms with Crippen LogP contribution in [0.3, 0.4) is 0 Å². The summed E-state index contributed by atoms with van der Waals surface area (Å²) in [6, 6.07) is 160. The predicted octanol–water partition coefficient (Wildman–Crippen LogP) is 37.8. The summed E-state index contributed by atoms with van der Waals surface area (Å²) in [5.74, 6) is 0.602. The van der Waals surface area contributed by atoms with Gasteiger partial charge in [-0.05, 0) is 345 Å². The number of hydrogen-bond donors (Lipinski definition) is 0. The summed E-state index contributed by atoms with van der Waals surface area (Å²) in [5.41, 5.74) is 33.8. The first-order valence-corrected chi connectivity index (χ1v) is 49.9. The Labute approximate surface area is 837 Å². The van der Waals surface area contributed by atoms with Gasteiger partial charge in [0.05, 0.1) is 0 Å². The van der Waals surface area contributed by atoms with E-state index in [9.17, 15) is 0 Å². The zero-order valence-electron chi connectivity index (χ0n) is 83.3. The third-order valence-corrected chi connectivity index (χ3v) is 28.5. The highest BCUT2D eigenvalue weighted by molar-refractivity contribution is 6.26. The van der Waals surface area contributed by atoms with E-state index in [0.717, 1.165) is 0 Å². The van der Waals surface area contributed by atoms with Crippen molar-refractivity contribution < 1.29 is 0 Å². The molecule has 0 bridgehead atoms. The molecule has 0 aromatic heterocycles. The van der Waals surface area contributed by atoms with Crippen LogP contribution in [-0.2, 0) is 0 Å². The zero-order chi connectivity index (χ0) is 97.4. The van der Waals surface area contributed by atoms with Gasteiger partial charge in [-0.15, -0.1) is 0 Å². The molecule has 2 aliphatic rings. The Morgan fingerprint density at radius 1 is 0.162 bits per heavy atom. The van der Waals surface area contributed by atoms with Crippen molar-refractivity contribution in [3.8, 4) is 44.5 Å². The van der Waals surface area contributed by atoms with Gasteiger partial charge in [0.25, 0.3) is 0 Å². The van der Waals surface area contributed by atoms with E-state index in [1.165, 1.54) is 263 Å². The molecule has 0 saturated heterocycles. The van der Waals surface area contributed by atoms with E-state index in [2.05, 4.69) is 568 Å². The van der Waals surface area contributed by atoms with Crippen LogP contribution in [0.4, 0.5) is 0 Å². The molecule has 142 heavy (non-hydrogen) atoms. The molecular weight excluding hydrogens is 1710 g/mol. The molecule has 0 heterocycles. The van der Waals surface area contributed by atoms with Crippen molar-refractivity contribution >= 4 is 143 Å². The van der Waals surface area contributed by atoms with Crippen molar-refractivity contribution in [2.45, 2.75) is 83.1 Å². The third kappa shape index (κ3) is 20.6. The molecule has 0 aliphatic heterocycles. The largest absolute Gasteiger partial charge is 0.0764 e. The summed E-state index contributed by atoms with van der Waals surface area (Å²) in [7, 11) is 0. The smallest absolute Gasteiger partial charge is 0.0134 e. The van der Waals surface area contributed by atoms with E-state index in [-0.39, 0.29) is 5.92 Å². The molecule has 23 aromatic carbocycles. The average Bonchev–Trinajstić information content (AvgIpc) is 0.677. The van der Waals surface area contributed by atoms with Crippen LogP contribution in [0.1, 0.15) is 95.9 Å². The van der Waals surface area contributed by atoms with Crippen LogP contribution in [0.15, 0.2) is 461 Å². The maximum absolute atomic E-state index is 2.51. The molecule has 0 N–H and O–H groups in total. The molecule has 0 radical (unpaired) electrons. The Morgan fingerprint density at radius 3 is 0.894 bits per heavy atom. The van der Waals surface area contributed by atoms with Crippen LogP contribution in [0, 0.1) is 88.0 Å². The molecule has 0 nitrogen and oxygen atoms in total. The molecule has 0 spiro atoms. The van der Waals surface area contributed by atoms with Crippen molar-refractivity contribution in [1.82, 2.24) is 0 Å². The molecule has 2 unspecified atom stereocenters. The number of hydrogen-bond acceptors (Lipinski definition) is 0. The van der Waals surface area contributed by atoms with Crippen LogP contribution in [-0.4, -0.2) is 0 Å². The van der Waals surface area contributed by atoms with Crippen molar-refractivity contribution in [3.63, 3.8) is 0 Å². The normalized spacial score (nSPS) is 13.1. The fraction of sp³-hybridized carbons (Fsp3) is 0.0986. The molecule has 0 heteroatoms. The van der Waals surface area contributed by atoms with Crippen LogP contribution in [0.25, 0.3) is 188 Å². The fourth-order valence-electron chi connectivity index (χ4n) is 20.7. The first-order valence-electron chi connectivity index (χ1n) is 49.9. The lowest BCUT2D eigenvalue weighted by atomic mass is 9.70. The van der Waals surface area contributed by atoms with Gasteiger partial charge in [-0.1, -0.05) is 486 Å². The van der Waals surface area contributed by atoms with Crippen molar-refractivity contribution in [2.24, 2.45) is 11.8 Å². The summed E-state index contributed by atoms with van der Waals surface area (Å²) >= 11 is 0. The molecule has 0 amide bonds. The van der Waals surface area contributed by atoms with Crippen LogP contribution < -0.4 is 10.4 Å². The fourth-order valence-corrected chi connectivity index (χ4v) is 20.7. The topological polar surface area (TPSA) is 0 Å². The lowest BCUT2D eigenvalue weighted by Crippen LogP contribution is -2.39. The van der Waals surface area contributed by atoms with Crippen LogP contribution in [0.2, 0.25) is 0 Å². The molecule has 2 atom stereocenters. The summed E-state index contributed by atoms with van der Waals surface area (Å²) in [6.45, 7) is 25.8. The number of aryl methyl sites for hydroxylation is 11. The Morgan fingerprint density at radius 2 is 0.465 bits per heavy atom. The highest BCUT2D eigenvalue weighted by Gasteiger charge is 2.32. The van der Waals surface area contributed by atoms with Crippen molar-refractivity contribution in [2.75, 3.05) is 0 Å². The van der Waals surface area contributed by atoms with Gasteiger partial charge >= 0.3 is 0 Å². The SMILES string of the molecule is CC1=c2ccccc2=C(c2c3ccccc3cc3cc4c(-c5c6ccccc6c(C)c6ccccc56)c5ccccc5cc4cc23)C2C=CC=CC12.Cc1ccc(-c2ccc3ccc(-c4ccc5ccc(-c6ccc(C)cc6)cc5c4)cc3c2)cc1.Cc1ccc(/C=C/c2ccc(C)cc2)cc1.Cc1ccc(C)cc1.Cc1ccc2cc3cc(C)ccc3cc2c1.Cc1cccc(/C=C/c2cccc(C)c2)c1. The summed E-state index contributed by atoms with van der Waals surface area (Å²) in [6.07, 6.45) is 17.9. The molecular formula is C142H118. The highest BCUT2D eigenvalue weighted by atomic mass is 14.3. The van der Waals surface area contributed by atoms with Gasteiger partial charge in [-0.2, -0.15) is 0 Å². The Hall–Kier alpha value is -16.6. The highest BCUT2D eigenvalue weighted by Crippen LogP contribution is 2.49. The van der Waals surface area contributed by atoms with Gasteiger partial charge in [0.15, 0.2) is 0 Å². The van der Waals surface area contributed by atoms with Gasteiger partial charge in [0, 0.05) is 11.8 Å². The van der Waals surface area contributed by atoms with Gasteiger partial charge in [0.1, 0.15) is 0 Å². The van der Waals surface area contributed by atoms with E-state index in [1.54, 1.807) is 0 Å². The molecule has 25 rings (SSSR count). The zero-order valence-corrected chi connectivity index (χ0v) is 83.3. The van der Waals surface area contributed by atoms with E-state index >= 15 is 0 Å². The summed E-state index contributed by atoms with van der Waals surface area (Å²) in [5, 5.41) is 28.7. The first kappa shape index (κ1) is 93.0. The first-order chi connectivity index (χ1) is 69.3. The number of benzene rings is 23. The second-order valence-electron chi connectivity index (χ2n) is 39.1. The maximum atomic E-state index is 2.51. The quantitative estimate of drug-likeness (QED) is 0.0998. The predicted molar refractivity (Wildman–Crippen MR) is 621 cm³/mol. The lowest BCUT2D eigenvalue weighted by Gasteiger charge is -2.33. The molecule has 0 saturated carbocycles. The number of rotatable bonds is 9. The summed E-state index contributed by atoms with van der Waals surface area (Å²) < 4.78 is 0. The van der Waals surface area contributed by atoms with Crippen LogP contribution >= 0.6 is 0 Å². The molecule has 0 fully saturated rings. The minimum Gasteiger partial charge on any atom is -0.0764 e. The standard InChI is InChI=1S/C52H36.C34H26.C16H14.2C16H16.C8H10/c1-31-37-17-7-11-23-43(37)51(44-24-12-8-18-38(31)44)49-41-21-5-3-15-33(41)27-35-30-48-36(29-47(35)49)28-34-16-4-6-22-42(34)50(48)52-45-25-13-9-19-39(45)32(2)40-20-10-14-26-46(40)52;1-23-3-7-25(8-4-23)29-15-11-27-13-17-31(21-33(27)19-29)32-18-14-28-12-16-30(20-34(28)22-32)26-9-5-24(2)6-10-26;1-11-3-5-13-10-16-8-12(2)4-6-14(16)9-15(13)7-11;1-13-3-7-15(8-4-13)11-12-16-9-5-14(2)6-10-16;1-13-5-3-7-15(11-13)9-10-16-8-4-6-14(2)12-16;1-7-3-5-8(2)6-4-7/h3-30,37,43H,1-2H3;3-22H,1-2H3;3-10H,1-2H3;2*3-12H,1-2H3;3-6H,1-2H3/b;;;12-11+;10-9+;. The minimum absolute atomic E-state index is 0.266. The van der Waals surface area contributed by atoms with E-state index < -0.39 is 0 Å². The monoisotopic (exact) mass is 1820 g/mol. The molecule has 23 aromatic rings. The van der Waals surface area contributed by atoms with E-state index in [0.29, 0.717) is 5.92 Å². The molecule has 2 aliphatic carbocycles. The van der Waals surface area contributed by atoms with Gasteiger partial charge < -0.3 is 0 Å². The number of allylic oxidation sites excluding steroid dienone is 4. The van der Waals surface area contributed by atoms with Gasteiger partial charge in [0.2, 0.25) is 0 Å². The van der Waals surface area contributed by atoms with Crippen molar-refractivity contribution in [1.29, 1.82) is 0 Å². The Balaban J connectivity index is 0.000000117.